The molecule has 0 nitrogen and oxygen atoms in total. The predicted molar refractivity (Wildman–Crippen MR) is 60.1 cm³/mol. The van der Waals surface area contributed by atoms with Crippen LogP contribution in [0.4, 0.5) is 0 Å². The van der Waals surface area contributed by atoms with E-state index in [1.807, 2.05) is 11.3 Å². The number of rotatable bonds is 2. The molecule has 2 atom stereocenters. The third-order valence-electron chi connectivity index (χ3n) is 2.98. The van der Waals surface area contributed by atoms with Crippen molar-refractivity contribution in [3.63, 3.8) is 0 Å². The summed E-state index contributed by atoms with van der Waals surface area (Å²) in [6.07, 6.45) is 7.46. The fraction of sp³-hybridized carbons (Fsp3) is 0.500. The number of hydrogen-bond donors (Lipinski definition) is 0. The average Bonchev–Trinajstić information content (AvgIpc) is 2.62. The molecular weight excluding hydrogens is 176 g/mol. The maximum atomic E-state index is 2.47. The van der Waals surface area contributed by atoms with Gasteiger partial charge in [0, 0.05) is 4.53 Å². The van der Waals surface area contributed by atoms with E-state index in [4.69, 9.17) is 0 Å². The zero-order valence-electron chi connectivity index (χ0n) is 8.29. The van der Waals surface area contributed by atoms with Gasteiger partial charge in [-0.05, 0) is 41.3 Å². The van der Waals surface area contributed by atoms with Crippen LogP contribution in [0.15, 0.2) is 11.4 Å². The lowest BCUT2D eigenvalue weighted by Gasteiger charge is -2.20. The average molecular weight is 192 g/mol. The highest BCUT2D eigenvalue weighted by atomic mass is 32.1. The summed E-state index contributed by atoms with van der Waals surface area (Å²) < 4.78 is 1.48. The zero-order chi connectivity index (χ0) is 9.26. The van der Waals surface area contributed by atoms with Crippen LogP contribution in [0.25, 0.3) is 12.2 Å². The number of thiophene rings is 1. The monoisotopic (exact) mass is 192 g/mol. The second kappa shape index (κ2) is 3.67. The molecule has 1 heteroatoms. The number of hydrogen-bond acceptors (Lipinski definition) is 1. The molecule has 0 aromatic carbocycles. The van der Waals surface area contributed by atoms with Gasteiger partial charge < -0.3 is 0 Å². The molecule has 1 heterocycles. The summed E-state index contributed by atoms with van der Waals surface area (Å²) in [5.41, 5.74) is 0. The van der Waals surface area contributed by atoms with Gasteiger partial charge in [-0.2, -0.15) is 0 Å². The van der Waals surface area contributed by atoms with Crippen molar-refractivity contribution in [1.82, 2.24) is 0 Å². The van der Waals surface area contributed by atoms with Gasteiger partial charge in [-0.15, -0.1) is 11.3 Å². The van der Waals surface area contributed by atoms with Gasteiger partial charge in [0.1, 0.15) is 0 Å². The summed E-state index contributed by atoms with van der Waals surface area (Å²) in [5, 5.41) is 3.66. The van der Waals surface area contributed by atoms with E-state index >= 15 is 0 Å². The van der Waals surface area contributed by atoms with Gasteiger partial charge in [-0.3, -0.25) is 0 Å². The van der Waals surface area contributed by atoms with Crippen molar-refractivity contribution in [2.24, 2.45) is 11.8 Å². The molecule has 1 aliphatic carbocycles. The Labute approximate surface area is 83.6 Å². The molecular formula is C12H16S. The molecule has 2 unspecified atom stereocenters. The van der Waals surface area contributed by atoms with Crippen molar-refractivity contribution in [2.75, 3.05) is 0 Å². The van der Waals surface area contributed by atoms with E-state index in [-0.39, 0.29) is 0 Å². The molecule has 0 N–H and O–H groups in total. The quantitative estimate of drug-likeness (QED) is 0.675. The Balaban J connectivity index is 2.49. The lowest BCUT2D eigenvalue weighted by atomic mass is 9.85. The lowest BCUT2D eigenvalue weighted by Crippen LogP contribution is -2.28. The van der Waals surface area contributed by atoms with Crippen molar-refractivity contribution >= 4 is 23.5 Å². The van der Waals surface area contributed by atoms with E-state index < -0.39 is 0 Å². The Morgan fingerprint density at radius 2 is 1.85 bits per heavy atom. The summed E-state index contributed by atoms with van der Waals surface area (Å²) in [6.45, 7) is 4.57. The molecule has 1 aliphatic rings. The van der Waals surface area contributed by atoms with Crippen LogP contribution in [0.5, 0.6) is 0 Å². The Morgan fingerprint density at radius 1 is 1.15 bits per heavy atom. The Hall–Kier alpha value is -0.560. The van der Waals surface area contributed by atoms with Crippen LogP contribution in [-0.4, -0.2) is 0 Å². The van der Waals surface area contributed by atoms with Gasteiger partial charge in [-0.1, -0.05) is 26.0 Å². The first-order valence-electron chi connectivity index (χ1n) is 5.12. The van der Waals surface area contributed by atoms with E-state index in [0.717, 1.165) is 11.8 Å². The molecule has 0 bridgehead atoms. The third-order valence-corrected chi connectivity index (χ3v) is 3.88. The molecule has 0 fully saturated rings. The number of fused-ring (bicyclic) bond motifs is 1. The van der Waals surface area contributed by atoms with Gasteiger partial charge in [0.25, 0.3) is 0 Å². The normalized spacial score (nSPS) is 26.0. The van der Waals surface area contributed by atoms with Crippen molar-refractivity contribution in [1.29, 1.82) is 0 Å². The van der Waals surface area contributed by atoms with Crippen molar-refractivity contribution in [2.45, 2.75) is 26.7 Å². The third kappa shape index (κ3) is 1.58. The first-order valence-corrected chi connectivity index (χ1v) is 6.00. The van der Waals surface area contributed by atoms with E-state index in [1.54, 1.807) is 0 Å². The minimum absolute atomic E-state index is 0.770. The van der Waals surface area contributed by atoms with Gasteiger partial charge in [0.2, 0.25) is 0 Å². The summed E-state index contributed by atoms with van der Waals surface area (Å²) in [5.74, 6) is 1.54. The van der Waals surface area contributed by atoms with E-state index in [2.05, 4.69) is 37.4 Å². The van der Waals surface area contributed by atoms with E-state index in [9.17, 15) is 0 Å². The maximum absolute atomic E-state index is 2.47. The first-order chi connectivity index (χ1) is 6.35. The molecule has 70 valence electrons. The van der Waals surface area contributed by atoms with E-state index in [0.29, 0.717) is 0 Å². The zero-order valence-corrected chi connectivity index (χ0v) is 9.10. The molecule has 2 rings (SSSR count). The SMILES string of the molecule is CCC1C=c2ccsc2=CC1CC. The molecule has 1 aromatic heterocycles. The molecule has 0 radical (unpaired) electrons. The fourth-order valence-electron chi connectivity index (χ4n) is 2.12. The Morgan fingerprint density at radius 3 is 2.54 bits per heavy atom. The Bertz CT molecular complexity index is 349. The lowest BCUT2D eigenvalue weighted by molar-refractivity contribution is 0.490. The van der Waals surface area contributed by atoms with Crippen molar-refractivity contribution in [3.8, 4) is 0 Å². The molecule has 13 heavy (non-hydrogen) atoms. The fourth-order valence-corrected chi connectivity index (χ4v) is 3.00. The van der Waals surface area contributed by atoms with Gasteiger partial charge >= 0.3 is 0 Å². The van der Waals surface area contributed by atoms with Gasteiger partial charge in [0.15, 0.2) is 0 Å². The highest BCUT2D eigenvalue weighted by molar-refractivity contribution is 7.07. The molecule has 0 saturated carbocycles. The topological polar surface area (TPSA) is 0 Å². The minimum Gasteiger partial charge on any atom is -0.144 e. The van der Waals surface area contributed by atoms with Gasteiger partial charge in [-0.25, -0.2) is 0 Å². The van der Waals surface area contributed by atoms with Crippen LogP contribution in [-0.2, 0) is 0 Å². The smallest absolute Gasteiger partial charge is 0.0302 e. The molecule has 0 aliphatic heterocycles. The Kier molecular flexibility index (Phi) is 2.54. The summed E-state index contributed by atoms with van der Waals surface area (Å²) in [6, 6.07) is 2.24. The maximum Gasteiger partial charge on any atom is 0.0302 e. The standard InChI is InChI=1S/C12H16S/c1-3-9-7-11-5-6-13-12(11)8-10(9)4-2/h5-10H,3-4H2,1-2H3. The predicted octanol–water partition coefficient (Wildman–Crippen LogP) is 2.38. The second-order valence-electron chi connectivity index (χ2n) is 3.72. The summed E-state index contributed by atoms with van der Waals surface area (Å²) >= 11 is 1.87. The van der Waals surface area contributed by atoms with Crippen LogP contribution in [0.3, 0.4) is 0 Å². The van der Waals surface area contributed by atoms with Crippen LogP contribution in [0.1, 0.15) is 26.7 Å². The first kappa shape index (κ1) is 9.01. The van der Waals surface area contributed by atoms with Crippen LogP contribution in [0.2, 0.25) is 0 Å². The highest BCUT2D eigenvalue weighted by Crippen LogP contribution is 2.23. The van der Waals surface area contributed by atoms with Gasteiger partial charge in [0.05, 0.1) is 0 Å². The molecule has 0 amide bonds. The summed E-state index contributed by atoms with van der Waals surface area (Å²) in [7, 11) is 0. The minimum atomic E-state index is 0.770. The second-order valence-corrected chi connectivity index (χ2v) is 4.67. The molecule has 0 saturated heterocycles. The van der Waals surface area contributed by atoms with Crippen LogP contribution in [0, 0.1) is 11.8 Å². The van der Waals surface area contributed by atoms with Crippen LogP contribution < -0.4 is 9.75 Å². The van der Waals surface area contributed by atoms with Crippen molar-refractivity contribution in [3.05, 3.63) is 21.2 Å². The van der Waals surface area contributed by atoms with Crippen molar-refractivity contribution < 1.29 is 0 Å². The highest BCUT2D eigenvalue weighted by Gasteiger charge is 2.16. The molecule has 0 spiro atoms. The molecule has 1 aromatic rings. The summed E-state index contributed by atoms with van der Waals surface area (Å²) in [4.78, 5) is 0. The van der Waals surface area contributed by atoms with E-state index in [1.165, 1.54) is 22.6 Å². The largest absolute Gasteiger partial charge is 0.144 e. The van der Waals surface area contributed by atoms with Crippen LogP contribution >= 0.6 is 11.3 Å².